The Morgan fingerprint density at radius 3 is 2.75 bits per heavy atom. The molecule has 0 saturated heterocycles. The Bertz CT molecular complexity index is 564. The Balaban J connectivity index is 1.97. The van der Waals surface area contributed by atoms with Crippen LogP contribution in [0.15, 0.2) is 36.9 Å². The molecule has 0 saturated carbocycles. The van der Waals surface area contributed by atoms with Crippen LogP contribution in [0.5, 0.6) is 0 Å². The second kappa shape index (κ2) is 6.29. The minimum Gasteiger partial charge on any atom is -0.322 e. The first kappa shape index (κ1) is 14.2. The first-order chi connectivity index (χ1) is 9.56. The Hall–Kier alpha value is -2.21. The van der Waals surface area contributed by atoms with Crippen molar-refractivity contribution >= 4 is 11.6 Å². The quantitative estimate of drug-likeness (QED) is 0.858. The van der Waals surface area contributed by atoms with Gasteiger partial charge < -0.3 is 11.1 Å². The van der Waals surface area contributed by atoms with Gasteiger partial charge in [-0.3, -0.25) is 14.5 Å². The third kappa shape index (κ3) is 3.64. The van der Waals surface area contributed by atoms with Gasteiger partial charge in [0.05, 0.1) is 24.5 Å². The molecule has 1 atom stereocenters. The number of anilines is 1. The number of hydrogen-bond donors (Lipinski definition) is 2. The van der Waals surface area contributed by atoms with E-state index < -0.39 is 6.04 Å². The lowest BCUT2D eigenvalue weighted by Crippen LogP contribution is -2.39. The van der Waals surface area contributed by atoms with Gasteiger partial charge in [-0.1, -0.05) is 13.8 Å². The van der Waals surface area contributed by atoms with Crippen molar-refractivity contribution in [3.05, 3.63) is 42.5 Å². The van der Waals surface area contributed by atoms with E-state index in [-0.39, 0.29) is 11.8 Å². The average molecular weight is 273 g/mol. The minimum absolute atomic E-state index is 0.0989. The third-order valence-corrected chi connectivity index (χ3v) is 3.02. The van der Waals surface area contributed by atoms with Crippen molar-refractivity contribution in [3.63, 3.8) is 0 Å². The maximum absolute atomic E-state index is 11.8. The summed E-state index contributed by atoms with van der Waals surface area (Å²) in [6.07, 6.45) is 6.88. The predicted molar refractivity (Wildman–Crippen MR) is 77.0 cm³/mol. The molecule has 1 amide bonds. The number of carbonyl (C=O) groups excluding carboxylic acids is 1. The fraction of sp³-hybridized carbons (Fsp3) is 0.357. The molecule has 6 heteroatoms. The molecule has 0 aliphatic carbocycles. The molecule has 0 spiro atoms. The minimum atomic E-state index is -0.515. The Labute approximate surface area is 118 Å². The molecule has 2 rings (SSSR count). The summed E-state index contributed by atoms with van der Waals surface area (Å²) in [7, 11) is 0. The summed E-state index contributed by atoms with van der Waals surface area (Å²) in [5.41, 5.74) is 7.54. The Morgan fingerprint density at radius 2 is 2.10 bits per heavy atom. The zero-order valence-corrected chi connectivity index (χ0v) is 11.7. The van der Waals surface area contributed by atoms with Gasteiger partial charge >= 0.3 is 0 Å². The predicted octanol–water partition coefficient (Wildman–Crippen LogP) is 1.25. The number of aromatic nitrogens is 3. The zero-order chi connectivity index (χ0) is 14.5. The highest BCUT2D eigenvalue weighted by molar-refractivity contribution is 5.94. The van der Waals surface area contributed by atoms with Crippen LogP contribution >= 0.6 is 0 Å². The monoisotopic (exact) mass is 273 g/mol. The maximum atomic E-state index is 11.8. The molecule has 0 fully saturated rings. The highest BCUT2D eigenvalue weighted by Gasteiger charge is 2.17. The number of hydrogen-bond acceptors (Lipinski definition) is 4. The van der Waals surface area contributed by atoms with Gasteiger partial charge in [-0.2, -0.15) is 5.10 Å². The van der Waals surface area contributed by atoms with Gasteiger partial charge in [0.25, 0.3) is 0 Å². The van der Waals surface area contributed by atoms with Gasteiger partial charge in [-0.05, 0) is 23.6 Å². The molecule has 2 heterocycles. The zero-order valence-electron chi connectivity index (χ0n) is 11.7. The molecule has 0 radical (unpaired) electrons. The fourth-order valence-corrected chi connectivity index (χ4v) is 1.72. The third-order valence-electron chi connectivity index (χ3n) is 3.02. The van der Waals surface area contributed by atoms with Crippen LogP contribution in [-0.4, -0.2) is 26.7 Å². The highest BCUT2D eigenvalue weighted by Crippen LogP contribution is 2.09. The smallest absolute Gasteiger partial charge is 0.241 e. The van der Waals surface area contributed by atoms with Crippen LogP contribution in [0.1, 0.15) is 19.4 Å². The second-order valence-corrected chi connectivity index (χ2v) is 5.04. The summed E-state index contributed by atoms with van der Waals surface area (Å²) in [6, 6.07) is 3.34. The molecule has 0 aliphatic rings. The van der Waals surface area contributed by atoms with Crippen LogP contribution < -0.4 is 11.1 Å². The van der Waals surface area contributed by atoms with Crippen LogP contribution in [0.2, 0.25) is 0 Å². The molecule has 6 nitrogen and oxygen atoms in total. The molecule has 20 heavy (non-hydrogen) atoms. The molecule has 0 unspecified atom stereocenters. The highest BCUT2D eigenvalue weighted by atomic mass is 16.2. The van der Waals surface area contributed by atoms with Gasteiger partial charge in [-0.15, -0.1) is 0 Å². The van der Waals surface area contributed by atoms with E-state index in [1.807, 2.05) is 26.0 Å². The van der Waals surface area contributed by atoms with Crippen molar-refractivity contribution in [2.24, 2.45) is 11.7 Å². The summed E-state index contributed by atoms with van der Waals surface area (Å²) < 4.78 is 1.76. The second-order valence-electron chi connectivity index (χ2n) is 5.04. The molecule has 0 aromatic carbocycles. The largest absolute Gasteiger partial charge is 0.322 e. The fourth-order valence-electron chi connectivity index (χ4n) is 1.72. The van der Waals surface area contributed by atoms with E-state index >= 15 is 0 Å². The number of nitrogens with zero attached hydrogens (tertiary/aromatic N) is 3. The summed E-state index contributed by atoms with van der Waals surface area (Å²) in [4.78, 5) is 15.8. The lowest BCUT2D eigenvalue weighted by Gasteiger charge is -2.14. The van der Waals surface area contributed by atoms with E-state index in [2.05, 4.69) is 15.4 Å². The van der Waals surface area contributed by atoms with Crippen molar-refractivity contribution in [2.75, 3.05) is 5.32 Å². The van der Waals surface area contributed by atoms with Crippen LogP contribution in [0.4, 0.5) is 5.69 Å². The molecular formula is C14H19N5O. The number of carbonyl (C=O) groups is 1. The van der Waals surface area contributed by atoms with E-state index in [0.29, 0.717) is 12.2 Å². The Morgan fingerprint density at radius 1 is 1.40 bits per heavy atom. The van der Waals surface area contributed by atoms with Crippen molar-refractivity contribution in [2.45, 2.75) is 26.4 Å². The normalized spacial score (nSPS) is 12.4. The first-order valence-electron chi connectivity index (χ1n) is 6.54. The van der Waals surface area contributed by atoms with E-state index in [1.54, 1.807) is 29.5 Å². The van der Waals surface area contributed by atoms with Crippen molar-refractivity contribution in [1.82, 2.24) is 14.8 Å². The number of pyridine rings is 1. The number of amides is 1. The standard InChI is InChI=1S/C14H19N5O/c1-10(2)13(15)14(20)18-12-7-17-19(9-12)8-11-3-5-16-6-4-11/h3-7,9-10,13H,8,15H2,1-2H3,(H,18,20)/t13-/m0/s1. The van der Waals surface area contributed by atoms with Gasteiger partial charge in [0, 0.05) is 18.6 Å². The van der Waals surface area contributed by atoms with Gasteiger partial charge in [0.15, 0.2) is 0 Å². The average Bonchev–Trinajstić information content (AvgIpc) is 2.86. The Kier molecular flexibility index (Phi) is 4.47. The summed E-state index contributed by atoms with van der Waals surface area (Å²) in [6.45, 7) is 4.46. The summed E-state index contributed by atoms with van der Waals surface area (Å²) in [5, 5.41) is 6.98. The van der Waals surface area contributed by atoms with Crippen LogP contribution in [0, 0.1) is 5.92 Å². The SMILES string of the molecule is CC(C)[C@H](N)C(=O)Nc1cnn(Cc2ccncc2)c1. The number of rotatable bonds is 5. The van der Waals surface area contributed by atoms with E-state index in [1.165, 1.54) is 0 Å². The van der Waals surface area contributed by atoms with E-state index in [9.17, 15) is 4.79 Å². The lowest BCUT2D eigenvalue weighted by atomic mass is 10.1. The van der Waals surface area contributed by atoms with Gasteiger partial charge in [0.2, 0.25) is 5.91 Å². The van der Waals surface area contributed by atoms with E-state index in [0.717, 1.165) is 5.56 Å². The molecule has 0 bridgehead atoms. The molecule has 2 aromatic rings. The van der Waals surface area contributed by atoms with Crippen LogP contribution in [0.3, 0.4) is 0 Å². The van der Waals surface area contributed by atoms with Crippen molar-refractivity contribution in [1.29, 1.82) is 0 Å². The molecule has 2 aromatic heterocycles. The lowest BCUT2D eigenvalue weighted by molar-refractivity contribution is -0.118. The summed E-state index contributed by atoms with van der Waals surface area (Å²) in [5.74, 6) is -0.0923. The van der Waals surface area contributed by atoms with Gasteiger partial charge in [-0.25, -0.2) is 0 Å². The number of nitrogens with two attached hydrogens (primary N) is 1. The first-order valence-corrected chi connectivity index (χ1v) is 6.54. The molecular weight excluding hydrogens is 254 g/mol. The van der Waals surface area contributed by atoms with Crippen LogP contribution in [0.25, 0.3) is 0 Å². The van der Waals surface area contributed by atoms with Crippen molar-refractivity contribution in [3.8, 4) is 0 Å². The van der Waals surface area contributed by atoms with E-state index in [4.69, 9.17) is 5.73 Å². The number of nitrogens with one attached hydrogen (secondary N) is 1. The van der Waals surface area contributed by atoms with Crippen LogP contribution in [-0.2, 0) is 11.3 Å². The topological polar surface area (TPSA) is 85.8 Å². The summed E-state index contributed by atoms with van der Waals surface area (Å²) >= 11 is 0. The molecule has 106 valence electrons. The molecule has 0 aliphatic heterocycles. The molecule has 3 N–H and O–H groups in total. The van der Waals surface area contributed by atoms with Crippen molar-refractivity contribution < 1.29 is 4.79 Å². The maximum Gasteiger partial charge on any atom is 0.241 e. The van der Waals surface area contributed by atoms with Gasteiger partial charge in [0.1, 0.15) is 0 Å².